The highest BCUT2D eigenvalue weighted by Crippen LogP contribution is 2.32. The van der Waals surface area contributed by atoms with Gasteiger partial charge in [-0.15, -0.1) is 0 Å². The van der Waals surface area contributed by atoms with Crippen molar-refractivity contribution >= 4 is 69.2 Å². The Kier molecular flexibility index (Phi) is 5.50. The topological polar surface area (TPSA) is 39.9 Å². The van der Waals surface area contributed by atoms with Crippen LogP contribution in [-0.4, -0.2) is 29.4 Å². The van der Waals surface area contributed by atoms with Gasteiger partial charge in [-0.3, -0.25) is 0 Å². The van der Waals surface area contributed by atoms with E-state index in [1.54, 1.807) is 10.9 Å². The van der Waals surface area contributed by atoms with Crippen molar-refractivity contribution in [2.75, 3.05) is 6.61 Å². The van der Waals surface area contributed by atoms with E-state index in [1.807, 2.05) is 0 Å². The fourth-order valence-corrected chi connectivity index (χ4v) is 3.87. The highest BCUT2D eigenvalue weighted by Gasteiger charge is 2.16. The van der Waals surface area contributed by atoms with Crippen LogP contribution in [-0.2, 0) is 11.5 Å². The number of pyridine rings is 1. The van der Waals surface area contributed by atoms with Crippen LogP contribution < -0.4 is 0 Å². The van der Waals surface area contributed by atoms with Gasteiger partial charge in [0.15, 0.2) is 5.65 Å². The quantitative estimate of drug-likeness (QED) is 0.346. The number of aromatic nitrogens is 3. The van der Waals surface area contributed by atoms with Gasteiger partial charge in [0.05, 0.1) is 14.9 Å². The Morgan fingerprint density at radius 1 is 1.45 bits per heavy atom. The fourth-order valence-electron chi connectivity index (χ4n) is 1.66. The average molecular weight is 489 g/mol. The Morgan fingerprint density at radius 2 is 2.15 bits per heavy atom. The first-order valence-corrected chi connectivity index (χ1v) is 12.2. The summed E-state index contributed by atoms with van der Waals surface area (Å²) < 4.78 is 9.11. The Labute approximate surface area is 146 Å². The molecule has 0 unspecified atom stereocenters. The summed E-state index contributed by atoms with van der Waals surface area (Å²) >= 11 is 11.8. The molecule has 8 heteroatoms. The second-order valence-corrected chi connectivity index (χ2v) is 13.6. The van der Waals surface area contributed by atoms with E-state index >= 15 is 0 Å². The number of hydrogen-bond acceptors (Lipinski definition) is 3. The van der Waals surface area contributed by atoms with E-state index in [4.69, 9.17) is 16.3 Å². The third kappa shape index (κ3) is 3.94. The Hall–Kier alpha value is 0.297. The third-order valence-electron chi connectivity index (χ3n) is 2.82. The number of rotatable bonds is 5. The SMILES string of the molecule is C[Si](C)(C)CCOCn1nc(I)c2c(Cl)c(Br)cnc21. The second-order valence-electron chi connectivity index (χ2n) is 5.76. The molecule has 0 spiro atoms. The molecule has 2 aromatic rings. The highest BCUT2D eigenvalue weighted by atomic mass is 127. The summed E-state index contributed by atoms with van der Waals surface area (Å²) in [4.78, 5) is 4.38. The van der Waals surface area contributed by atoms with Crippen molar-refractivity contribution in [3.8, 4) is 0 Å². The zero-order valence-corrected chi connectivity index (χ0v) is 17.1. The average Bonchev–Trinajstić information content (AvgIpc) is 2.66. The predicted octanol–water partition coefficient (Wildman–Crippen LogP) is 4.76. The van der Waals surface area contributed by atoms with Gasteiger partial charge in [0.1, 0.15) is 10.4 Å². The molecule has 0 aromatic carbocycles. The van der Waals surface area contributed by atoms with Gasteiger partial charge in [0, 0.05) is 20.9 Å². The van der Waals surface area contributed by atoms with Crippen LogP contribution in [0, 0.1) is 3.70 Å². The fraction of sp³-hybridized carbons (Fsp3) is 0.500. The molecule has 0 amide bonds. The summed E-state index contributed by atoms with van der Waals surface area (Å²) in [6, 6.07) is 1.14. The molecule has 2 aromatic heterocycles. The van der Waals surface area contributed by atoms with Crippen LogP contribution in [0.25, 0.3) is 11.0 Å². The Balaban J connectivity index is 2.14. The maximum absolute atomic E-state index is 6.29. The van der Waals surface area contributed by atoms with Crippen LogP contribution in [0.1, 0.15) is 0 Å². The number of halogens is 3. The highest BCUT2D eigenvalue weighted by molar-refractivity contribution is 14.1. The van der Waals surface area contributed by atoms with E-state index in [9.17, 15) is 0 Å². The lowest BCUT2D eigenvalue weighted by molar-refractivity contribution is 0.0810. The van der Waals surface area contributed by atoms with E-state index in [-0.39, 0.29) is 0 Å². The van der Waals surface area contributed by atoms with Crippen molar-refractivity contribution in [2.24, 2.45) is 0 Å². The van der Waals surface area contributed by atoms with Gasteiger partial charge >= 0.3 is 0 Å². The Bertz CT molecular complexity index is 629. The normalized spacial score (nSPS) is 12.3. The molecule has 0 aliphatic heterocycles. The lowest BCUT2D eigenvalue weighted by Gasteiger charge is -2.15. The van der Waals surface area contributed by atoms with Crippen molar-refractivity contribution in [1.29, 1.82) is 0 Å². The summed E-state index contributed by atoms with van der Waals surface area (Å²) in [5.74, 6) is 0. The molecule has 0 saturated heterocycles. The molecule has 0 aliphatic carbocycles. The second kappa shape index (κ2) is 6.60. The van der Waals surface area contributed by atoms with Gasteiger partial charge in [-0.05, 0) is 44.6 Å². The van der Waals surface area contributed by atoms with Gasteiger partial charge in [0.25, 0.3) is 0 Å². The zero-order valence-electron chi connectivity index (χ0n) is 11.6. The molecule has 0 fully saturated rings. The molecule has 4 nitrogen and oxygen atoms in total. The van der Waals surface area contributed by atoms with Gasteiger partial charge in [-0.2, -0.15) is 5.10 Å². The van der Waals surface area contributed by atoms with Crippen LogP contribution in [0.4, 0.5) is 0 Å². The summed E-state index contributed by atoms with van der Waals surface area (Å²) in [5, 5.41) is 5.96. The lowest BCUT2D eigenvalue weighted by Crippen LogP contribution is -2.22. The largest absolute Gasteiger partial charge is 0.359 e. The van der Waals surface area contributed by atoms with Crippen LogP contribution in [0.5, 0.6) is 0 Å². The lowest BCUT2D eigenvalue weighted by atomic mass is 10.3. The molecule has 0 saturated carbocycles. The van der Waals surface area contributed by atoms with Crippen LogP contribution in [0.15, 0.2) is 10.7 Å². The van der Waals surface area contributed by atoms with E-state index in [0.29, 0.717) is 11.8 Å². The number of fused-ring (bicyclic) bond motifs is 1. The molecular weight excluding hydrogens is 472 g/mol. The maximum Gasteiger partial charge on any atom is 0.162 e. The van der Waals surface area contributed by atoms with Crippen LogP contribution in [0.3, 0.4) is 0 Å². The molecular formula is C12H16BrClIN3OSi. The van der Waals surface area contributed by atoms with E-state index in [2.05, 4.69) is 68.2 Å². The molecule has 110 valence electrons. The molecule has 2 rings (SSSR count). The van der Waals surface area contributed by atoms with E-state index < -0.39 is 8.07 Å². The minimum Gasteiger partial charge on any atom is -0.359 e. The molecule has 2 heterocycles. The monoisotopic (exact) mass is 487 g/mol. The maximum atomic E-state index is 6.29. The number of nitrogens with zero attached hydrogens (tertiary/aromatic N) is 3. The predicted molar refractivity (Wildman–Crippen MR) is 97.1 cm³/mol. The van der Waals surface area contributed by atoms with Crippen molar-refractivity contribution in [3.63, 3.8) is 0 Å². The molecule has 20 heavy (non-hydrogen) atoms. The van der Waals surface area contributed by atoms with Crippen molar-refractivity contribution in [3.05, 3.63) is 19.4 Å². The van der Waals surface area contributed by atoms with Gasteiger partial charge < -0.3 is 4.74 Å². The van der Waals surface area contributed by atoms with Gasteiger partial charge in [-0.25, -0.2) is 9.67 Å². The molecule has 0 N–H and O–H groups in total. The molecule has 0 bridgehead atoms. The number of ether oxygens (including phenoxy) is 1. The van der Waals surface area contributed by atoms with Crippen molar-refractivity contribution in [1.82, 2.24) is 14.8 Å². The van der Waals surface area contributed by atoms with Crippen LogP contribution in [0.2, 0.25) is 30.7 Å². The summed E-state index contributed by atoms with van der Waals surface area (Å²) in [7, 11) is -1.06. The third-order valence-corrected chi connectivity index (χ3v) is 6.50. The summed E-state index contributed by atoms with van der Waals surface area (Å²) in [5.41, 5.74) is 0.760. The number of hydrogen-bond donors (Lipinski definition) is 0. The van der Waals surface area contributed by atoms with Crippen LogP contribution >= 0.6 is 50.1 Å². The van der Waals surface area contributed by atoms with Gasteiger partial charge in [-0.1, -0.05) is 31.2 Å². The zero-order chi connectivity index (χ0) is 14.9. The first kappa shape index (κ1) is 16.7. The molecule has 0 aliphatic rings. The minimum absolute atomic E-state index is 0.412. The van der Waals surface area contributed by atoms with Gasteiger partial charge in [0.2, 0.25) is 0 Å². The summed E-state index contributed by atoms with van der Waals surface area (Å²) in [6.45, 7) is 8.18. The smallest absolute Gasteiger partial charge is 0.162 e. The standard InChI is InChI=1S/C12H16BrClIN3OSi/c1-20(2,3)5-4-19-7-18-12-9(11(15)17-18)10(14)8(13)6-16-12/h6H,4-5,7H2,1-3H3. The minimum atomic E-state index is -1.06. The van der Waals surface area contributed by atoms with E-state index in [0.717, 1.165) is 31.9 Å². The summed E-state index contributed by atoms with van der Waals surface area (Å²) in [6.07, 6.45) is 1.70. The van der Waals surface area contributed by atoms with Crippen molar-refractivity contribution in [2.45, 2.75) is 32.4 Å². The Morgan fingerprint density at radius 3 is 2.80 bits per heavy atom. The first-order valence-electron chi connectivity index (χ1n) is 6.23. The van der Waals surface area contributed by atoms with Crippen molar-refractivity contribution < 1.29 is 4.74 Å². The molecule has 0 radical (unpaired) electrons. The van der Waals surface area contributed by atoms with E-state index in [1.165, 1.54) is 0 Å². The molecule has 0 atom stereocenters. The first-order chi connectivity index (χ1) is 9.29.